The Morgan fingerprint density at radius 2 is 2.03 bits per heavy atom. The zero-order chi connectivity index (χ0) is 21.1. The van der Waals surface area contributed by atoms with Gasteiger partial charge in [-0.25, -0.2) is 13.2 Å². The Bertz CT molecular complexity index is 932. The number of nitrogens with zero attached hydrogens (tertiary/aromatic N) is 1. The Balaban J connectivity index is 1.55. The second-order valence-corrected chi connectivity index (χ2v) is 6.55. The van der Waals surface area contributed by atoms with Crippen molar-refractivity contribution < 1.29 is 36.7 Å². The summed E-state index contributed by atoms with van der Waals surface area (Å²) in [6.45, 7) is 1.55. The predicted octanol–water partition coefficient (Wildman–Crippen LogP) is 2.62. The molecule has 1 aromatic heterocycles. The predicted molar refractivity (Wildman–Crippen MR) is 92.7 cm³/mol. The maximum Gasteiger partial charge on any atom is 0.312 e. The van der Waals surface area contributed by atoms with Gasteiger partial charge in [-0.15, -0.1) is 0 Å². The molecule has 10 heteroatoms. The van der Waals surface area contributed by atoms with Crippen molar-refractivity contribution in [3.05, 3.63) is 53.7 Å². The summed E-state index contributed by atoms with van der Waals surface area (Å²) < 4.78 is 50.1. The maximum absolute atomic E-state index is 13.6. The first-order chi connectivity index (χ1) is 13.8. The molecule has 2 heterocycles. The molecule has 0 aliphatic carbocycles. The third kappa shape index (κ3) is 4.58. The number of ether oxygens (including phenoxy) is 1. The summed E-state index contributed by atoms with van der Waals surface area (Å²) in [4.78, 5) is 37.9. The number of amides is 2. The van der Waals surface area contributed by atoms with Gasteiger partial charge < -0.3 is 19.4 Å². The molecule has 1 aliphatic rings. The number of halogens is 3. The smallest absolute Gasteiger partial charge is 0.312 e. The van der Waals surface area contributed by atoms with E-state index >= 15 is 0 Å². The summed E-state index contributed by atoms with van der Waals surface area (Å²) in [5, 5.41) is 2.03. The summed E-state index contributed by atoms with van der Waals surface area (Å²) in [5.74, 6) is -6.86. The highest BCUT2D eigenvalue weighted by atomic mass is 19.2. The van der Waals surface area contributed by atoms with Crippen LogP contribution < -0.4 is 5.32 Å². The molecule has 0 radical (unpaired) electrons. The number of nitrogens with one attached hydrogen (secondary N) is 1. The van der Waals surface area contributed by atoms with Crippen molar-refractivity contribution in [3.63, 3.8) is 0 Å². The van der Waals surface area contributed by atoms with Gasteiger partial charge in [0.15, 0.2) is 23.6 Å². The second kappa shape index (κ2) is 8.38. The van der Waals surface area contributed by atoms with Crippen LogP contribution in [0.4, 0.5) is 18.9 Å². The van der Waals surface area contributed by atoms with Crippen LogP contribution >= 0.6 is 0 Å². The van der Waals surface area contributed by atoms with Crippen LogP contribution in [0.25, 0.3) is 0 Å². The van der Waals surface area contributed by atoms with Crippen molar-refractivity contribution in [2.45, 2.75) is 26.0 Å². The number of rotatable bonds is 6. The van der Waals surface area contributed by atoms with Crippen molar-refractivity contribution in [1.82, 2.24) is 4.90 Å². The van der Waals surface area contributed by atoms with Crippen molar-refractivity contribution in [1.29, 1.82) is 0 Å². The molecular formula is C19H17F3N2O5. The molecule has 1 aromatic carbocycles. The van der Waals surface area contributed by atoms with Crippen LogP contribution in [0, 0.1) is 23.4 Å². The van der Waals surface area contributed by atoms with E-state index in [9.17, 15) is 27.6 Å². The molecule has 2 amide bonds. The van der Waals surface area contributed by atoms with Crippen LogP contribution in [0.15, 0.2) is 34.9 Å². The average molecular weight is 410 g/mol. The summed E-state index contributed by atoms with van der Waals surface area (Å²) in [6, 6.07) is 4.88. The Morgan fingerprint density at radius 3 is 2.72 bits per heavy atom. The highest BCUT2D eigenvalue weighted by molar-refractivity contribution is 5.95. The monoisotopic (exact) mass is 410 g/mol. The van der Waals surface area contributed by atoms with E-state index in [1.807, 2.05) is 5.32 Å². The molecule has 2 atom stereocenters. The number of furan rings is 1. The van der Waals surface area contributed by atoms with Crippen LogP contribution in [-0.4, -0.2) is 35.3 Å². The first kappa shape index (κ1) is 20.4. The number of carbonyl (C=O) groups is 3. The Hall–Kier alpha value is -3.30. The first-order valence-corrected chi connectivity index (χ1v) is 8.71. The van der Waals surface area contributed by atoms with Gasteiger partial charge in [-0.1, -0.05) is 0 Å². The van der Waals surface area contributed by atoms with Gasteiger partial charge in [-0.3, -0.25) is 14.4 Å². The molecule has 0 bridgehead atoms. The van der Waals surface area contributed by atoms with Crippen LogP contribution in [0.5, 0.6) is 0 Å². The van der Waals surface area contributed by atoms with Gasteiger partial charge in [0.05, 0.1) is 24.4 Å². The minimum absolute atomic E-state index is 0.0777. The molecule has 1 fully saturated rings. The molecule has 1 N–H and O–H groups in total. The van der Waals surface area contributed by atoms with E-state index in [1.165, 1.54) is 18.1 Å². The second-order valence-electron chi connectivity index (χ2n) is 6.55. The summed E-state index contributed by atoms with van der Waals surface area (Å²) in [5.41, 5.74) is -0.586. The third-order valence-electron chi connectivity index (χ3n) is 4.43. The van der Waals surface area contributed by atoms with Crippen molar-refractivity contribution in [2.24, 2.45) is 5.92 Å². The quantitative estimate of drug-likeness (QED) is 0.584. The standard InChI is InChI=1S/C19H17F3N2O5/c1-10(18(26)23-14-5-4-13(20)16(21)17(14)22)29-19(27)11-7-15(25)24(8-11)9-12-3-2-6-28-12/h2-6,10-11H,7-9H2,1H3,(H,23,26). The van der Waals surface area contributed by atoms with Crippen LogP contribution in [0.1, 0.15) is 19.1 Å². The highest BCUT2D eigenvalue weighted by Crippen LogP contribution is 2.23. The molecular weight excluding hydrogens is 393 g/mol. The third-order valence-corrected chi connectivity index (χ3v) is 4.43. The van der Waals surface area contributed by atoms with E-state index in [0.29, 0.717) is 11.8 Å². The largest absolute Gasteiger partial charge is 0.467 e. The minimum atomic E-state index is -1.73. The molecule has 1 aliphatic heterocycles. The molecule has 0 spiro atoms. The van der Waals surface area contributed by atoms with E-state index in [2.05, 4.69) is 0 Å². The number of hydrogen-bond acceptors (Lipinski definition) is 5. The Labute approximate surface area is 163 Å². The maximum atomic E-state index is 13.6. The van der Waals surface area contributed by atoms with Gasteiger partial charge in [-0.05, 0) is 31.2 Å². The fourth-order valence-electron chi connectivity index (χ4n) is 2.85. The number of esters is 1. The fraction of sp³-hybridized carbons (Fsp3) is 0.316. The number of anilines is 1. The lowest BCUT2D eigenvalue weighted by Gasteiger charge is -2.17. The molecule has 2 unspecified atom stereocenters. The molecule has 0 saturated carbocycles. The Morgan fingerprint density at radius 1 is 1.28 bits per heavy atom. The van der Waals surface area contributed by atoms with Gasteiger partial charge in [0.2, 0.25) is 5.91 Å². The summed E-state index contributed by atoms with van der Waals surface area (Å²) in [7, 11) is 0. The van der Waals surface area contributed by atoms with E-state index in [0.717, 1.165) is 6.07 Å². The molecule has 3 rings (SSSR count). The van der Waals surface area contributed by atoms with Gasteiger partial charge in [0.25, 0.3) is 5.91 Å². The van der Waals surface area contributed by atoms with E-state index in [-0.39, 0.29) is 25.4 Å². The molecule has 154 valence electrons. The molecule has 7 nitrogen and oxygen atoms in total. The number of likely N-dealkylation sites (tertiary alicyclic amines) is 1. The van der Waals surface area contributed by atoms with Gasteiger partial charge in [-0.2, -0.15) is 0 Å². The topological polar surface area (TPSA) is 88.9 Å². The normalized spacial score (nSPS) is 17.3. The van der Waals surface area contributed by atoms with Crippen LogP contribution in [0.3, 0.4) is 0 Å². The zero-order valence-electron chi connectivity index (χ0n) is 15.3. The van der Waals surface area contributed by atoms with E-state index in [4.69, 9.17) is 9.15 Å². The molecule has 1 saturated heterocycles. The van der Waals surface area contributed by atoms with Crippen molar-refractivity contribution >= 4 is 23.5 Å². The van der Waals surface area contributed by atoms with Crippen molar-refractivity contribution in [2.75, 3.05) is 11.9 Å². The van der Waals surface area contributed by atoms with E-state index < -0.39 is 47.0 Å². The number of carbonyl (C=O) groups excluding carboxylic acids is 3. The van der Waals surface area contributed by atoms with Crippen LogP contribution in [-0.2, 0) is 25.7 Å². The number of hydrogen-bond donors (Lipinski definition) is 1. The summed E-state index contributed by atoms with van der Waals surface area (Å²) >= 11 is 0. The lowest BCUT2D eigenvalue weighted by Crippen LogP contribution is -2.33. The first-order valence-electron chi connectivity index (χ1n) is 8.71. The minimum Gasteiger partial charge on any atom is -0.467 e. The SMILES string of the molecule is CC(OC(=O)C1CC(=O)N(Cc2ccco2)C1)C(=O)Nc1ccc(F)c(F)c1F. The lowest BCUT2D eigenvalue weighted by molar-refractivity contribution is -0.157. The Kier molecular flexibility index (Phi) is 5.90. The van der Waals surface area contributed by atoms with Gasteiger partial charge in [0.1, 0.15) is 5.76 Å². The van der Waals surface area contributed by atoms with Crippen molar-refractivity contribution in [3.8, 4) is 0 Å². The lowest BCUT2D eigenvalue weighted by atomic mass is 10.1. The summed E-state index contributed by atoms with van der Waals surface area (Å²) in [6.07, 6.45) is 0.0490. The zero-order valence-corrected chi connectivity index (χ0v) is 15.3. The van der Waals surface area contributed by atoms with Gasteiger partial charge in [0, 0.05) is 13.0 Å². The van der Waals surface area contributed by atoms with E-state index in [1.54, 1.807) is 12.1 Å². The van der Waals surface area contributed by atoms with Gasteiger partial charge >= 0.3 is 5.97 Å². The van der Waals surface area contributed by atoms with Crippen LogP contribution in [0.2, 0.25) is 0 Å². The number of benzene rings is 1. The highest BCUT2D eigenvalue weighted by Gasteiger charge is 2.37. The average Bonchev–Trinajstić information content (AvgIpc) is 3.32. The fourth-order valence-corrected chi connectivity index (χ4v) is 2.85. The molecule has 29 heavy (non-hydrogen) atoms. The molecule has 2 aromatic rings.